The lowest BCUT2D eigenvalue weighted by atomic mass is 9.94. The molecule has 0 aromatic carbocycles. The molecule has 2 rings (SSSR count). The highest BCUT2D eigenvalue weighted by Crippen LogP contribution is 2.24. The van der Waals surface area contributed by atoms with Gasteiger partial charge in [-0.3, -0.25) is 0 Å². The summed E-state index contributed by atoms with van der Waals surface area (Å²) in [7, 11) is 1.84. The number of aliphatic hydroxyl groups is 1. The van der Waals surface area contributed by atoms with Crippen LogP contribution >= 0.6 is 0 Å². The Bertz CT molecular complexity index is 479. The first-order valence-electron chi connectivity index (χ1n) is 7.44. The molecule has 1 aliphatic heterocycles. The van der Waals surface area contributed by atoms with Gasteiger partial charge in [0.25, 0.3) is 0 Å². The maximum atomic E-state index is 10.5. The molecule has 0 amide bonds. The molecule has 1 fully saturated rings. The Balaban J connectivity index is 2.12. The van der Waals surface area contributed by atoms with Crippen molar-refractivity contribution in [2.75, 3.05) is 37.4 Å². The van der Waals surface area contributed by atoms with E-state index >= 15 is 0 Å². The number of nitrogens with one attached hydrogen (secondary N) is 2. The molecule has 6 heteroatoms. The Kier molecular flexibility index (Phi) is 4.68. The highest BCUT2D eigenvalue weighted by Gasteiger charge is 2.29. The summed E-state index contributed by atoms with van der Waals surface area (Å²) in [6, 6.07) is 1.86. The van der Waals surface area contributed by atoms with E-state index < -0.39 is 5.60 Å². The molecule has 1 aromatic rings. The fourth-order valence-electron chi connectivity index (χ4n) is 2.18. The van der Waals surface area contributed by atoms with E-state index in [1.54, 1.807) is 0 Å². The zero-order valence-electron chi connectivity index (χ0n) is 13.4. The van der Waals surface area contributed by atoms with Gasteiger partial charge in [-0.25, -0.2) is 9.97 Å². The van der Waals surface area contributed by atoms with E-state index in [0.29, 0.717) is 32.6 Å². The predicted octanol–water partition coefficient (Wildman–Crippen LogP) is 1.77. The molecule has 1 saturated heterocycles. The molecular weight excluding hydrogens is 268 g/mol. The van der Waals surface area contributed by atoms with Gasteiger partial charge in [0.2, 0.25) is 0 Å². The molecule has 0 aliphatic carbocycles. The van der Waals surface area contributed by atoms with Gasteiger partial charge in [-0.1, -0.05) is 20.8 Å². The SMILES string of the molecule is CNc1cc(NCC2(O)CCOCC2)nc(C(C)(C)C)n1. The fraction of sp³-hybridized carbons (Fsp3) is 0.733. The van der Waals surface area contributed by atoms with Crippen LogP contribution in [-0.2, 0) is 10.2 Å². The summed E-state index contributed by atoms with van der Waals surface area (Å²) in [5.74, 6) is 2.28. The number of hydrogen-bond donors (Lipinski definition) is 3. The first-order valence-corrected chi connectivity index (χ1v) is 7.44. The largest absolute Gasteiger partial charge is 0.388 e. The second kappa shape index (κ2) is 6.15. The first kappa shape index (κ1) is 16.0. The van der Waals surface area contributed by atoms with E-state index in [2.05, 4.69) is 41.4 Å². The van der Waals surface area contributed by atoms with Crippen LogP contribution in [0.3, 0.4) is 0 Å². The quantitative estimate of drug-likeness (QED) is 0.785. The fourth-order valence-corrected chi connectivity index (χ4v) is 2.18. The summed E-state index contributed by atoms with van der Waals surface area (Å²) >= 11 is 0. The summed E-state index contributed by atoms with van der Waals surface area (Å²) in [6.45, 7) is 7.93. The average Bonchev–Trinajstić information content (AvgIpc) is 2.45. The molecule has 1 aliphatic rings. The van der Waals surface area contributed by atoms with Gasteiger partial charge in [-0.05, 0) is 0 Å². The predicted molar refractivity (Wildman–Crippen MR) is 83.8 cm³/mol. The summed E-state index contributed by atoms with van der Waals surface area (Å²) in [5.41, 5.74) is -0.843. The van der Waals surface area contributed by atoms with Gasteiger partial charge in [0.1, 0.15) is 17.5 Å². The number of ether oxygens (including phenoxy) is 1. The lowest BCUT2D eigenvalue weighted by molar-refractivity contribution is -0.0543. The Hall–Kier alpha value is -1.40. The normalized spacial score (nSPS) is 18.3. The third-order valence-corrected chi connectivity index (χ3v) is 3.68. The molecule has 0 spiro atoms. The van der Waals surface area contributed by atoms with E-state index in [1.165, 1.54) is 0 Å². The summed E-state index contributed by atoms with van der Waals surface area (Å²) in [5, 5.41) is 16.8. The minimum absolute atomic E-state index is 0.126. The molecule has 21 heavy (non-hydrogen) atoms. The second-order valence-electron chi connectivity index (χ2n) is 6.65. The summed E-state index contributed by atoms with van der Waals surface area (Å²) < 4.78 is 5.29. The minimum atomic E-state index is -0.717. The number of rotatable bonds is 4. The Labute approximate surface area is 126 Å². The van der Waals surface area contributed by atoms with Crippen molar-refractivity contribution in [3.8, 4) is 0 Å². The first-order chi connectivity index (χ1) is 9.82. The van der Waals surface area contributed by atoms with E-state index in [0.717, 1.165) is 17.5 Å². The number of anilines is 2. The van der Waals surface area contributed by atoms with Gasteiger partial charge >= 0.3 is 0 Å². The highest BCUT2D eigenvalue weighted by molar-refractivity contribution is 5.48. The van der Waals surface area contributed by atoms with Crippen LogP contribution in [-0.4, -0.2) is 47.5 Å². The van der Waals surface area contributed by atoms with Gasteiger partial charge in [0.05, 0.1) is 5.60 Å². The van der Waals surface area contributed by atoms with Gasteiger partial charge in [0.15, 0.2) is 0 Å². The van der Waals surface area contributed by atoms with Crippen molar-refractivity contribution in [3.63, 3.8) is 0 Å². The lowest BCUT2D eigenvalue weighted by Crippen LogP contribution is -2.42. The van der Waals surface area contributed by atoms with Crippen LogP contribution in [0.25, 0.3) is 0 Å². The Morgan fingerprint density at radius 1 is 1.24 bits per heavy atom. The minimum Gasteiger partial charge on any atom is -0.388 e. The van der Waals surface area contributed by atoms with Gasteiger partial charge in [-0.2, -0.15) is 0 Å². The van der Waals surface area contributed by atoms with Gasteiger partial charge < -0.3 is 20.5 Å². The smallest absolute Gasteiger partial charge is 0.138 e. The lowest BCUT2D eigenvalue weighted by Gasteiger charge is -2.32. The number of hydrogen-bond acceptors (Lipinski definition) is 6. The number of nitrogens with zero attached hydrogens (tertiary/aromatic N) is 2. The molecule has 2 heterocycles. The van der Waals surface area contributed by atoms with E-state index in [9.17, 15) is 5.11 Å². The van der Waals surface area contributed by atoms with Crippen molar-refractivity contribution in [1.29, 1.82) is 0 Å². The molecule has 1 aromatic heterocycles. The van der Waals surface area contributed by atoms with Crippen molar-refractivity contribution in [3.05, 3.63) is 11.9 Å². The zero-order chi connectivity index (χ0) is 15.5. The van der Waals surface area contributed by atoms with Gasteiger partial charge in [-0.15, -0.1) is 0 Å². The molecule has 6 nitrogen and oxygen atoms in total. The number of aromatic nitrogens is 2. The van der Waals surface area contributed by atoms with Crippen molar-refractivity contribution >= 4 is 11.6 Å². The van der Waals surface area contributed by atoms with Crippen molar-refractivity contribution < 1.29 is 9.84 Å². The van der Waals surface area contributed by atoms with Crippen LogP contribution < -0.4 is 10.6 Å². The van der Waals surface area contributed by atoms with E-state index in [4.69, 9.17) is 4.74 Å². The molecule has 3 N–H and O–H groups in total. The van der Waals surface area contributed by atoms with Crippen LogP contribution in [0.2, 0.25) is 0 Å². The third kappa shape index (κ3) is 4.28. The summed E-state index contributed by atoms with van der Waals surface area (Å²) in [4.78, 5) is 9.05. The molecule has 118 valence electrons. The third-order valence-electron chi connectivity index (χ3n) is 3.68. The van der Waals surface area contributed by atoms with Crippen LogP contribution in [0.15, 0.2) is 6.07 Å². The van der Waals surface area contributed by atoms with Crippen molar-refractivity contribution in [2.24, 2.45) is 0 Å². The van der Waals surface area contributed by atoms with E-state index in [-0.39, 0.29) is 5.41 Å². The molecule has 0 bridgehead atoms. The van der Waals surface area contributed by atoms with Crippen molar-refractivity contribution in [1.82, 2.24) is 9.97 Å². The zero-order valence-corrected chi connectivity index (χ0v) is 13.4. The molecule has 0 atom stereocenters. The maximum absolute atomic E-state index is 10.5. The Morgan fingerprint density at radius 3 is 2.43 bits per heavy atom. The average molecular weight is 294 g/mol. The maximum Gasteiger partial charge on any atom is 0.138 e. The van der Waals surface area contributed by atoms with Crippen LogP contribution in [0, 0.1) is 0 Å². The van der Waals surface area contributed by atoms with Crippen LogP contribution in [0.4, 0.5) is 11.6 Å². The molecule has 0 radical (unpaired) electrons. The topological polar surface area (TPSA) is 79.3 Å². The molecular formula is C15H26N4O2. The monoisotopic (exact) mass is 294 g/mol. The van der Waals surface area contributed by atoms with Crippen LogP contribution in [0.5, 0.6) is 0 Å². The second-order valence-corrected chi connectivity index (χ2v) is 6.65. The standard InChI is InChI=1S/C15H26N4O2/c1-14(2,3)13-18-11(16-4)9-12(19-13)17-10-15(20)5-7-21-8-6-15/h9,20H,5-8,10H2,1-4H3,(H2,16,17,18,19). The highest BCUT2D eigenvalue weighted by atomic mass is 16.5. The summed E-state index contributed by atoms with van der Waals surface area (Å²) in [6.07, 6.45) is 1.30. The van der Waals surface area contributed by atoms with Gasteiger partial charge in [0, 0.05) is 51.1 Å². The van der Waals surface area contributed by atoms with E-state index in [1.807, 2.05) is 13.1 Å². The Morgan fingerprint density at radius 2 is 1.86 bits per heavy atom. The molecule has 0 unspecified atom stereocenters. The van der Waals surface area contributed by atoms with Crippen LogP contribution in [0.1, 0.15) is 39.4 Å². The molecule has 0 saturated carbocycles. The van der Waals surface area contributed by atoms with Crippen molar-refractivity contribution in [2.45, 2.75) is 44.6 Å².